The minimum absolute atomic E-state index is 0.371. The highest BCUT2D eigenvalue weighted by Crippen LogP contribution is 2.37. The third kappa shape index (κ3) is 2.53. The average molecular weight is 322 g/mol. The summed E-state index contributed by atoms with van der Waals surface area (Å²) in [6.45, 7) is 8.12. The van der Waals surface area contributed by atoms with Crippen molar-refractivity contribution in [1.82, 2.24) is 9.78 Å². The molecule has 0 unspecified atom stereocenters. The Balaban J connectivity index is 1.84. The number of aromatic nitrogens is 2. The zero-order chi connectivity index (χ0) is 16.0. The Hall–Kier alpha value is -0.785. The summed E-state index contributed by atoms with van der Waals surface area (Å²) >= 11 is 1.89. The fraction of sp³-hybridized carbons (Fsp3) is 0.733. The molecule has 0 aromatic carbocycles. The largest absolute Gasteiger partial charge is 0.498 e. The van der Waals surface area contributed by atoms with Crippen molar-refractivity contribution in [3.63, 3.8) is 0 Å². The van der Waals surface area contributed by atoms with Crippen LogP contribution in [0.2, 0.25) is 0 Å². The number of carbonyl (C=O) groups is 1. The molecule has 1 aromatic rings. The first kappa shape index (κ1) is 16.1. The van der Waals surface area contributed by atoms with E-state index in [0.717, 1.165) is 36.1 Å². The van der Waals surface area contributed by atoms with Crippen LogP contribution < -0.4 is 5.46 Å². The van der Waals surface area contributed by atoms with E-state index in [1.165, 1.54) is 0 Å². The molecule has 2 fully saturated rings. The van der Waals surface area contributed by atoms with Crippen LogP contribution in [0.3, 0.4) is 0 Å². The molecule has 0 aliphatic carbocycles. The number of rotatable bonds is 3. The Morgan fingerprint density at radius 3 is 2.36 bits per heavy atom. The van der Waals surface area contributed by atoms with Crippen LogP contribution in [-0.4, -0.2) is 45.9 Å². The van der Waals surface area contributed by atoms with E-state index in [1.807, 2.05) is 45.7 Å². The number of hydrogen-bond donors (Lipinski definition) is 0. The van der Waals surface area contributed by atoms with E-state index in [-0.39, 0.29) is 11.2 Å². The van der Waals surface area contributed by atoms with Crippen molar-refractivity contribution < 1.29 is 14.1 Å². The van der Waals surface area contributed by atoms with Crippen LogP contribution in [-0.2, 0) is 19.6 Å². The summed E-state index contributed by atoms with van der Waals surface area (Å²) in [6, 6.07) is 0. The van der Waals surface area contributed by atoms with E-state index >= 15 is 0 Å². The van der Waals surface area contributed by atoms with Gasteiger partial charge in [0, 0.05) is 17.9 Å². The molecule has 22 heavy (non-hydrogen) atoms. The minimum atomic E-state index is -0.507. The molecular weight excluding hydrogens is 299 g/mol. The van der Waals surface area contributed by atoms with Gasteiger partial charge in [-0.3, -0.25) is 4.68 Å². The quantitative estimate of drug-likeness (QED) is 0.625. The van der Waals surface area contributed by atoms with Gasteiger partial charge in [0.1, 0.15) is 11.8 Å². The van der Waals surface area contributed by atoms with Crippen LogP contribution in [0.1, 0.15) is 40.5 Å². The molecule has 0 bridgehead atoms. The standard InChI is InChI=1S/C15H23BN2O3S/c1-13(2)14(3,4)21-16(20-13)12-9-17-18(10-12)15(11-19)5-7-22-8-6-15/h9-11H,5-8H2,1-4H3. The van der Waals surface area contributed by atoms with Gasteiger partial charge >= 0.3 is 7.12 Å². The van der Waals surface area contributed by atoms with Gasteiger partial charge in [0.2, 0.25) is 0 Å². The third-order valence-corrected chi connectivity index (χ3v) is 6.15. The van der Waals surface area contributed by atoms with E-state index in [4.69, 9.17) is 9.31 Å². The fourth-order valence-corrected chi connectivity index (χ4v) is 4.01. The molecule has 2 saturated heterocycles. The normalized spacial score (nSPS) is 26.1. The molecule has 2 aliphatic rings. The summed E-state index contributed by atoms with van der Waals surface area (Å²) in [7, 11) is -0.430. The second kappa shape index (κ2) is 5.39. The molecule has 3 rings (SSSR count). The summed E-state index contributed by atoms with van der Waals surface area (Å²) in [5, 5.41) is 4.44. The molecule has 120 valence electrons. The summed E-state index contributed by atoms with van der Waals surface area (Å²) in [6.07, 6.45) is 6.37. The summed E-state index contributed by atoms with van der Waals surface area (Å²) in [4.78, 5) is 11.7. The van der Waals surface area contributed by atoms with Gasteiger partial charge in [-0.05, 0) is 52.0 Å². The van der Waals surface area contributed by atoms with Crippen LogP contribution in [0.25, 0.3) is 0 Å². The predicted molar refractivity (Wildman–Crippen MR) is 88.5 cm³/mol. The van der Waals surface area contributed by atoms with Crippen LogP contribution in [0.4, 0.5) is 0 Å². The maximum Gasteiger partial charge on any atom is 0.498 e. The lowest BCUT2D eigenvalue weighted by Gasteiger charge is -2.32. The molecule has 7 heteroatoms. The highest BCUT2D eigenvalue weighted by Gasteiger charge is 2.52. The van der Waals surface area contributed by atoms with Crippen LogP contribution in [0.5, 0.6) is 0 Å². The van der Waals surface area contributed by atoms with Crippen LogP contribution >= 0.6 is 11.8 Å². The smallest absolute Gasteiger partial charge is 0.399 e. The fourth-order valence-electron chi connectivity index (χ4n) is 2.81. The zero-order valence-corrected chi connectivity index (χ0v) is 14.5. The molecule has 0 amide bonds. The molecular formula is C15H23BN2O3S. The number of aldehydes is 1. The molecule has 0 radical (unpaired) electrons. The van der Waals surface area contributed by atoms with Gasteiger partial charge in [0.25, 0.3) is 0 Å². The monoisotopic (exact) mass is 322 g/mol. The van der Waals surface area contributed by atoms with E-state index in [0.29, 0.717) is 0 Å². The van der Waals surface area contributed by atoms with Crippen molar-refractivity contribution in [2.45, 2.75) is 57.3 Å². The van der Waals surface area contributed by atoms with Crippen molar-refractivity contribution in [2.24, 2.45) is 0 Å². The molecule has 5 nitrogen and oxygen atoms in total. The summed E-state index contributed by atoms with van der Waals surface area (Å²) in [5.74, 6) is 1.98. The van der Waals surface area contributed by atoms with Crippen molar-refractivity contribution in [1.29, 1.82) is 0 Å². The molecule has 0 saturated carbocycles. The summed E-state index contributed by atoms with van der Waals surface area (Å²) in [5.41, 5.74) is -0.376. The Labute approximate surface area is 136 Å². The zero-order valence-electron chi connectivity index (χ0n) is 13.7. The molecule has 0 spiro atoms. The lowest BCUT2D eigenvalue weighted by Crippen LogP contribution is -2.41. The van der Waals surface area contributed by atoms with E-state index in [2.05, 4.69) is 5.10 Å². The van der Waals surface area contributed by atoms with Gasteiger partial charge < -0.3 is 14.1 Å². The topological polar surface area (TPSA) is 53.4 Å². The molecule has 3 heterocycles. The average Bonchev–Trinajstić information content (AvgIpc) is 3.04. The van der Waals surface area contributed by atoms with E-state index < -0.39 is 12.7 Å². The second-order valence-corrected chi connectivity index (χ2v) is 8.37. The predicted octanol–water partition coefficient (Wildman–Crippen LogP) is 1.60. The third-order valence-electron chi connectivity index (χ3n) is 5.16. The maximum absolute atomic E-state index is 11.7. The van der Waals surface area contributed by atoms with Gasteiger partial charge in [-0.2, -0.15) is 16.9 Å². The van der Waals surface area contributed by atoms with E-state index in [1.54, 1.807) is 10.9 Å². The van der Waals surface area contributed by atoms with Gasteiger partial charge in [-0.25, -0.2) is 0 Å². The van der Waals surface area contributed by atoms with Crippen molar-refractivity contribution in [2.75, 3.05) is 11.5 Å². The van der Waals surface area contributed by atoms with Crippen molar-refractivity contribution in [3.8, 4) is 0 Å². The van der Waals surface area contributed by atoms with Crippen molar-refractivity contribution in [3.05, 3.63) is 12.4 Å². The number of carbonyl (C=O) groups excluding carboxylic acids is 1. The Morgan fingerprint density at radius 1 is 1.23 bits per heavy atom. The number of hydrogen-bond acceptors (Lipinski definition) is 5. The van der Waals surface area contributed by atoms with Crippen LogP contribution in [0, 0.1) is 0 Å². The van der Waals surface area contributed by atoms with Gasteiger partial charge in [0.05, 0.1) is 11.2 Å². The molecule has 2 aliphatic heterocycles. The number of nitrogens with zero attached hydrogens (tertiary/aromatic N) is 2. The van der Waals surface area contributed by atoms with Gasteiger partial charge in [-0.15, -0.1) is 0 Å². The van der Waals surface area contributed by atoms with Crippen molar-refractivity contribution >= 4 is 30.6 Å². The highest BCUT2D eigenvalue weighted by atomic mass is 32.2. The van der Waals surface area contributed by atoms with E-state index in [9.17, 15) is 4.79 Å². The lowest BCUT2D eigenvalue weighted by molar-refractivity contribution is -0.116. The Bertz CT molecular complexity index is 551. The molecule has 1 aromatic heterocycles. The number of thioether (sulfide) groups is 1. The van der Waals surface area contributed by atoms with Gasteiger partial charge in [0.15, 0.2) is 0 Å². The summed E-state index contributed by atoms with van der Waals surface area (Å²) < 4.78 is 13.9. The lowest BCUT2D eigenvalue weighted by atomic mass is 9.81. The molecule has 0 N–H and O–H groups in total. The van der Waals surface area contributed by atoms with Gasteiger partial charge in [-0.1, -0.05) is 0 Å². The first-order valence-corrected chi connectivity index (χ1v) is 8.90. The first-order valence-electron chi connectivity index (χ1n) is 7.74. The molecule has 0 atom stereocenters. The highest BCUT2D eigenvalue weighted by molar-refractivity contribution is 7.99. The minimum Gasteiger partial charge on any atom is -0.399 e. The SMILES string of the molecule is CC1(C)OB(c2cnn(C3(C=O)CCSCC3)c2)OC1(C)C. The maximum atomic E-state index is 11.7. The Kier molecular flexibility index (Phi) is 3.94. The second-order valence-electron chi connectivity index (χ2n) is 7.14. The van der Waals surface area contributed by atoms with Crippen LogP contribution in [0.15, 0.2) is 12.4 Å². The Morgan fingerprint density at radius 2 is 1.82 bits per heavy atom. The first-order chi connectivity index (χ1) is 10.3.